The van der Waals surface area contributed by atoms with E-state index in [-0.39, 0.29) is 10.9 Å². The molecule has 134 valence electrons. The third-order valence-corrected chi connectivity index (χ3v) is 4.43. The van der Waals surface area contributed by atoms with E-state index in [4.69, 9.17) is 63.0 Å². The first kappa shape index (κ1) is 20.6. The number of alkyl halides is 3. The fourth-order valence-electron chi connectivity index (χ4n) is 1.69. The minimum atomic E-state index is -1.88. The number of halogens is 5. The number of hydrogen-bond donors (Lipinski definition) is 3. The monoisotopic (exact) mass is 503 g/mol. The number of hydrogen-bond acceptors (Lipinski definition) is 3. The Labute approximate surface area is 177 Å². The first-order valence-corrected chi connectivity index (χ1v) is 9.33. The number of anilines is 1. The summed E-state index contributed by atoms with van der Waals surface area (Å²) in [6, 6.07) is 10.00. The molecule has 0 fully saturated rings. The summed E-state index contributed by atoms with van der Waals surface area (Å²) in [4.78, 5) is 12.2. The molecule has 0 aliphatic carbocycles. The Balaban J connectivity index is 2.06. The lowest BCUT2D eigenvalue weighted by molar-refractivity contribution is 0.0905. The van der Waals surface area contributed by atoms with Crippen LogP contribution in [-0.4, -0.2) is 21.0 Å². The second kappa shape index (κ2) is 8.79. The van der Waals surface area contributed by atoms with Crippen molar-refractivity contribution in [1.82, 2.24) is 10.6 Å². The highest BCUT2D eigenvalue weighted by atomic mass is 79.9. The standard InChI is InChI=1S/C14H10BrCl4N3O2S/c15-10-6-5-9(24-10)11(23)21-12(14(17,18)19)22-13(25)20-8-4-2-1-3-7(8)16/h1-6,12H,(H,21,23)(H2,20,22,25). The number of furan rings is 1. The zero-order valence-electron chi connectivity index (χ0n) is 12.2. The van der Waals surface area contributed by atoms with E-state index in [1.807, 2.05) is 0 Å². The SMILES string of the molecule is O=C(NC(NC(=S)Nc1ccccc1Cl)C(Cl)(Cl)Cl)c1ccc(Br)o1. The van der Waals surface area contributed by atoms with Crippen LogP contribution in [0.2, 0.25) is 5.02 Å². The van der Waals surface area contributed by atoms with Crippen molar-refractivity contribution < 1.29 is 9.21 Å². The number of nitrogens with one attached hydrogen (secondary N) is 3. The summed E-state index contributed by atoms with van der Waals surface area (Å²) in [5, 5.41) is 8.64. The van der Waals surface area contributed by atoms with E-state index in [2.05, 4.69) is 31.9 Å². The molecule has 0 saturated carbocycles. The number of carbonyl (C=O) groups excluding carboxylic acids is 1. The Morgan fingerprint density at radius 2 is 1.84 bits per heavy atom. The molecule has 5 nitrogen and oxygen atoms in total. The summed E-state index contributed by atoms with van der Waals surface area (Å²) in [6.07, 6.45) is -1.13. The summed E-state index contributed by atoms with van der Waals surface area (Å²) in [5.41, 5.74) is 0.561. The van der Waals surface area contributed by atoms with Crippen LogP contribution in [0.5, 0.6) is 0 Å². The van der Waals surface area contributed by atoms with Crippen LogP contribution < -0.4 is 16.0 Å². The molecule has 1 amide bonds. The van der Waals surface area contributed by atoms with E-state index >= 15 is 0 Å². The predicted octanol–water partition coefficient (Wildman–Crippen LogP) is 5.11. The fourth-order valence-corrected chi connectivity index (χ4v) is 2.74. The topological polar surface area (TPSA) is 66.3 Å². The Morgan fingerprint density at radius 3 is 2.40 bits per heavy atom. The van der Waals surface area contributed by atoms with E-state index in [1.54, 1.807) is 30.3 Å². The maximum atomic E-state index is 12.2. The molecule has 3 N–H and O–H groups in total. The van der Waals surface area contributed by atoms with Gasteiger partial charge in [-0.05, 0) is 52.4 Å². The van der Waals surface area contributed by atoms with Gasteiger partial charge in [0.1, 0.15) is 6.17 Å². The number of benzene rings is 1. The lowest BCUT2D eigenvalue weighted by Gasteiger charge is -2.27. The molecule has 2 aromatic rings. The number of carbonyl (C=O) groups is 1. The average Bonchev–Trinajstić information content (AvgIpc) is 2.94. The van der Waals surface area contributed by atoms with E-state index in [0.29, 0.717) is 15.4 Å². The zero-order chi connectivity index (χ0) is 18.6. The third kappa shape index (κ3) is 6.20. The van der Waals surface area contributed by atoms with Crippen molar-refractivity contribution in [3.63, 3.8) is 0 Å². The average molecular weight is 506 g/mol. The van der Waals surface area contributed by atoms with Crippen molar-refractivity contribution in [2.24, 2.45) is 0 Å². The summed E-state index contributed by atoms with van der Waals surface area (Å²) in [7, 11) is 0. The van der Waals surface area contributed by atoms with Gasteiger partial charge in [-0.3, -0.25) is 4.79 Å². The largest absolute Gasteiger partial charge is 0.444 e. The number of rotatable bonds is 4. The molecule has 0 saturated heterocycles. The number of para-hydroxylation sites is 1. The van der Waals surface area contributed by atoms with Crippen molar-refractivity contribution >= 4 is 91.3 Å². The molecule has 0 aliphatic rings. The first-order valence-electron chi connectivity index (χ1n) is 6.62. The van der Waals surface area contributed by atoms with Crippen molar-refractivity contribution in [3.05, 3.63) is 51.9 Å². The van der Waals surface area contributed by atoms with Gasteiger partial charge in [-0.25, -0.2) is 0 Å². The summed E-state index contributed by atoms with van der Waals surface area (Å²) >= 11 is 32.1. The fraction of sp³-hybridized carbons (Fsp3) is 0.143. The summed E-state index contributed by atoms with van der Waals surface area (Å²) in [5.74, 6) is -0.548. The number of amides is 1. The molecule has 1 aromatic carbocycles. The van der Waals surface area contributed by atoms with Gasteiger partial charge < -0.3 is 20.4 Å². The van der Waals surface area contributed by atoms with Gasteiger partial charge >= 0.3 is 0 Å². The molecular weight excluding hydrogens is 496 g/mol. The van der Waals surface area contributed by atoms with Crippen LogP contribution in [0.4, 0.5) is 5.69 Å². The van der Waals surface area contributed by atoms with Crippen LogP contribution in [0.25, 0.3) is 0 Å². The van der Waals surface area contributed by atoms with Crippen molar-refractivity contribution in [3.8, 4) is 0 Å². The Kier molecular flexibility index (Phi) is 7.25. The van der Waals surface area contributed by atoms with E-state index in [9.17, 15) is 4.79 Å². The van der Waals surface area contributed by atoms with Crippen molar-refractivity contribution in [2.75, 3.05) is 5.32 Å². The van der Waals surface area contributed by atoms with Gasteiger partial charge in [-0.2, -0.15) is 0 Å². The van der Waals surface area contributed by atoms with E-state index < -0.39 is 15.9 Å². The predicted molar refractivity (Wildman–Crippen MR) is 109 cm³/mol. The van der Waals surface area contributed by atoms with E-state index in [1.165, 1.54) is 6.07 Å². The second-order valence-electron chi connectivity index (χ2n) is 4.63. The van der Waals surface area contributed by atoms with Crippen LogP contribution in [0, 0.1) is 0 Å². The van der Waals surface area contributed by atoms with Gasteiger partial charge in [-0.15, -0.1) is 0 Å². The molecular formula is C14H10BrCl4N3O2S. The third-order valence-electron chi connectivity index (χ3n) is 2.80. The molecule has 0 radical (unpaired) electrons. The molecule has 1 heterocycles. The van der Waals surface area contributed by atoms with Crippen LogP contribution >= 0.6 is 74.6 Å². The maximum Gasteiger partial charge on any atom is 0.288 e. The van der Waals surface area contributed by atoms with Gasteiger partial charge in [0.25, 0.3) is 5.91 Å². The number of thiocarbonyl (C=S) groups is 1. The van der Waals surface area contributed by atoms with Crippen LogP contribution in [0.3, 0.4) is 0 Å². The van der Waals surface area contributed by atoms with Gasteiger partial charge in [0.05, 0.1) is 10.7 Å². The summed E-state index contributed by atoms with van der Waals surface area (Å²) in [6.45, 7) is 0. The summed E-state index contributed by atoms with van der Waals surface area (Å²) < 4.78 is 3.67. The zero-order valence-corrected chi connectivity index (χ0v) is 17.6. The van der Waals surface area contributed by atoms with Gasteiger partial charge in [0.15, 0.2) is 15.5 Å². The molecule has 11 heteroatoms. The Morgan fingerprint density at radius 1 is 1.16 bits per heavy atom. The van der Waals surface area contributed by atoms with Gasteiger partial charge in [0, 0.05) is 0 Å². The normalized spacial score (nSPS) is 12.4. The Hall–Kier alpha value is -0.700. The quantitative estimate of drug-likeness (QED) is 0.306. The minimum absolute atomic E-state index is 0.0397. The highest BCUT2D eigenvalue weighted by molar-refractivity contribution is 9.10. The van der Waals surface area contributed by atoms with E-state index in [0.717, 1.165) is 0 Å². The van der Waals surface area contributed by atoms with Crippen LogP contribution in [0.15, 0.2) is 45.5 Å². The van der Waals surface area contributed by atoms with Crippen molar-refractivity contribution in [1.29, 1.82) is 0 Å². The molecule has 1 atom stereocenters. The first-order chi connectivity index (χ1) is 11.7. The minimum Gasteiger partial charge on any atom is -0.444 e. The van der Waals surface area contributed by atoms with Gasteiger partial charge in [-0.1, -0.05) is 58.5 Å². The lowest BCUT2D eigenvalue weighted by Crippen LogP contribution is -2.56. The molecule has 1 aromatic heterocycles. The molecule has 0 spiro atoms. The second-order valence-corrected chi connectivity index (χ2v) is 8.60. The maximum absolute atomic E-state index is 12.2. The van der Waals surface area contributed by atoms with Crippen molar-refractivity contribution in [2.45, 2.75) is 9.96 Å². The lowest BCUT2D eigenvalue weighted by atomic mass is 10.3. The molecule has 2 rings (SSSR count). The molecule has 0 aliphatic heterocycles. The highest BCUT2D eigenvalue weighted by Gasteiger charge is 2.35. The van der Waals surface area contributed by atoms with Crippen LogP contribution in [-0.2, 0) is 0 Å². The van der Waals surface area contributed by atoms with Crippen LogP contribution in [0.1, 0.15) is 10.6 Å². The highest BCUT2D eigenvalue weighted by Crippen LogP contribution is 2.29. The Bertz CT molecular complexity index is 781. The van der Waals surface area contributed by atoms with Gasteiger partial charge in [0.2, 0.25) is 3.79 Å². The molecule has 25 heavy (non-hydrogen) atoms. The molecule has 1 unspecified atom stereocenters. The smallest absolute Gasteiger partial charge is 0.288 e. The molecule has 0 bridgehead atoms.